The molecule has 2 aromatic carbocycles. The van der Waals surface area contributed by atoms with Gasteiger partial charge < -0.3 is 4.74 Å². The van der Waals surface area contributed by atoms with Gasteiger partial charge in [0.25, 0.3) is 0 Å². The first-order chi connectivity index (χ1) is 13.1. The molecule has 0 saturated carbocycles. The van der Waals surface area contributed by atoms with Crippen LogP contribution in [0.15, 0.2) is 64.2 Å². The maximum Gasteiger partial charge on any atom is 0.214 e. The first kappa shape index (κ1) is 17.3. The lowest BCUT2D eigenvalue weighted by atomic mass is 9.91. The van der Waals surface area contributed by atoms with Gasteiger partial charge in [0.1, 0.15) is 23.1 Å². The number of halogens is 1. The normalized spacial score (nSPS) is 16.5. The highest BCUT2D eigenvalue weighted by molar-refractivity contribution is 6.56. The molecule has 1 heterocycles. The second kappa shape index (κ2) is 6.91. The average Bonchev–Trinajstić information content (AvgIpc) is 3.12. The number of carbonyl (C=O) groups is 1. The van der Waals surface area contributed by atoms with Crippen LogP contribution in [0.25, 0.3) is 5.76 Å². The summed E-state index contributed by atoms with van der Waals surface area (Å²) in [5, 5.41) is 0. The number of aliphatic imine (C=N–C) groups is 2. The van der Waals surface area contributed by atoms with Crippen LogP contribution in [0.1, 0.15) is 47.7 Å². The molecule has 1 aliphatic heterocycles. The lowest BCUT2D eigenvalue weighted by Crippen LogP contribution is -2.22. The minimum Gasteiger partial charge on any atom is -0.491 e. The smallest absolute Gasteiger partial charge is 0.214 e. The van der Waals surface area contributed by atoms with Crippen LogP contribution in [0.5, 0.6) is 0 Å². The van der Waals surface area contributed by atoms with Gasteiger partial charge in [-0.1, -0.05) is 43.3 Å². The van der Waals surface area contributed by atoms with E-state index in [0.717, 1.165) is 17.5 Å². The van der Waals surface area contributed by atoms with E-state index in [0.29, 0.717) is 35.2 Å². The molecule has 1 unspecified atom stereocenters. The number of hydrogen-bond acceptors (Lipinski definition) is 4. The number of amidine groups is 1. The van der Waals surface area contributed by atoms with E-state index >= 15 is 0 Å². The number of ketones is 1. The SMILES string of the molecule is CCOC1=C2N=C(C(CC)c3ccc(F)cc3)N=C2C(=O)c2ccccc21. The Morgan fingerprint density at radius 1 is 1.00 bits per heavy atom. The van der Waals surface area contributed by atoms with Gasteiger partial charge in [-0.25, -0.2) is 14.4 Å². The second-order valence-electron chi connectivity index (χ2n) is 6.43. The van der Waals surface area contributed by atoms with Crippen LogP contribution in [0.4, 0.5) is 4.39 Å². The molecule has 0 bridgehead atoms. The van der Waals surface area contributed by atoms with E-state index in [1.54, 1.807) is 18.2 Å². The number of ether oxygens (including phenoxy) is 1. The Kier molecular flexibility index (Phi) is 4.44. The molecule has 0 radical (unpaired) electrons. The number of rotatable bonds is 5. The van der Waals surface area contributed by atoms with Crippen LogP contribution in [0.3, 0.4) is 0 Å². The Morgan fingerprint density at radius 3 is 2.37 bits per heavy atom. The molecular weight excluding hydrogens is 343 g/mol. The highest BCUT2D eigenvalue weighted by Gasteiger charge is 2.36. The minimum absolute atomic E-state index is 0.116. The van der Waals surface area contributed by atoms with Gasteiger partial charge in [-0.3, -0.25) is 4.79 Å². The first-order valence-corrected chi connectivity index (χ1v) is 9.08. The zero-order valence-corrected chi connectivity index (χ0v) is 15.2. The summed E-state index contributed by atoms with van der Waals surface area (Å²) in [6.45, 7) is 4.39. The molecule has 0 aromatic heterocycles. The zero-order valence-electron chi connectivity index (χ0n) is 15.2. The van der Waals surface area contributed by atoms with Gasteiger partial charge in [0, 0.05) is 17.0 Å². The number of carbonyl (C=O) groups excluding carboxylic acids is 1. The quantitative estimate of drug-likeness (QED) is 0.769. The molecule has 136 valence electrons. The third-order valence-electron chi connectivity index (χ3n) is 4.80. The van der Waals surface area contributed by atoms with Crippen molar-refractivity contribution in [3.8, 4) is 0 Å². The first-order valence-electron chi connectivity index (χ1n) is 9.08. The highest BCUT2D eigenvalue weighted by atomic mass is 19.1. The molecule has 0 spiro atoms. The lowest BCUT2D eigenvalue weighted by molar-refractivity contribution is 0.106. The minimum atomic E-state index is -0.283. The predicted molar refractivity (Wildman–Crippen MR) is 104 cm³/mol. The summed E-state index contributed by atoms with van der Waals surface area (Å²) in [5.74, 6) is 0.614. The van der Waals surface area contributed by atoms with Crippen LogP contribution >= 0.6 is 0 Å². The van der Waals surface area contributed by atoms with E-state index in [1.165, 1.54) is 12.1 Å². The summed E-state index contributed by atoms with van der Waals surface area (Å²) < 4.78 is 19.1. The molecule has 0 fully saturated rings. The molecular formula is C22H19FN2O2. The Balaban J connectivity index is 1.83. The van der Waals surface area contributed by atoms with Gasteiger partial charge in [0.15, 0.2) is 5.76 Å². The maximum atomic E-state index is 13.3. The van der Waals surface area contributed by atoms with Gasteiger partial charge >= 0.3 is 0 Å². The van der Waals surface area contributed by atoms with Crippen molar-refractivity contribution in [2.45, 2.75) is 26.2 Å². The summed E-state index contributed by atoms with van der Waals surface area (Å²) in [5.41, 5.74) is 3.07. The van der Waals surface area contributed by atoms with Crippen LogP contribution in [-0.2, 0) is 4.74 Å². The van der Waals surface area contributed by atoms with Crippen molar-refractivity contribution >= 4 is 23.1 Å². The Bertz CT molecular complexity index is 1000. The van der Waals surface area contributed by atoms with Crippen LogP contribution in [0, 0.1) is 5.82 Å². The molecule has 5 heteroatoms. The molecule has 0 amide bonds. The molecule has 4 rings (SSSR count). The monoisotopic (exact) mass is 362 g/mol. The number of hydrogen-bond donors (Lipinski definition) is 0. The summed E-state index contributed by atoms with van der Waals surface area (Å²) in [6.07, 6.45) is 0.736. The van der Waals surface area contributed by atoms with Crippen molar-refractivity contribution in [2.75, 3.05) is 6.61 Å². The lowest BCUT2D eigenvalue weighted by Gasteiger charge is -2.19. The van der Waals surface area contributed by atoms with Crippen molar-refractivity contribution in [1.29, 1.82) is 0 Å². The van der Waals surface area contributed by atoms with E-state index in [-0.39, 0.29) is 17.5 Å². The van der Waals surface area contributed by atoms with E-state index in [2.05, 4.69) is 9.98 Å². The van der Waals surface area contributed by atoms with Gasteiger partial charge in [0.05, 0.1) is 6.61 Å². The molecule has 2 aliphatic rings. The molecule has 0 N–H and O–H groups in total. The average molecular weight is 362 g/mol. The second-order valence-corrected chi connectivity index (χ2v) is 6.43. The number of nitrogens with zero attached hydrogens (tertiary/aromatic N) is 2. The summed E-state index contributed by atoms with van der Waals surface area (Å²) in [4.78, 5) is 22.2. The van der Waals surface area contributed by atoms with Gasteiger partial charge in [-0.15, -0.1) is 0 Å². The van der Waals surface area contributed by atoms with Crippen molar-refractivity contribution in [1.82, 2.24) is 0 Å². The van der Waals surface area contributed by atoms with Crippen LogP contribution in [-0.4, -0.2) is 23.9 Å². The Hall–Kier alpha value is -3.08. The molecule has 27 heavy (non-hydrogen) atoms. The Labute approximate surface area is 157 Å². The number of fused-ring (bicyclic) bond motifs is 2. The number of benzene rings is 2. The van der Waals surface area contributed by atoms with Crippen LogP contribution < -0.4 is 0 Å². The third kappa shape index (κ3) is 2.89. The van der Waals surface area contributed by atoms with Crippen molar-refractivity contribution in [2.24, 2.45) is 9.98 Å². The van der Waals surface area contributed by atoms with E-state index < -0.39 is 0 Å². The molecule has 1 aliphatic carbocycles. The molecule has 4 nitrogen and oxygen atoms in total. The number of allylic oxidation sites excluding steroid dienone is 1. The molecule has 2 aromatic rings. The van der Waals surface area contributed by atoms with E-state index in [9.17, 15) is 9.18 Å². The largest absolute Gasteiger partial charge is 0.491 e. The van der Waals surface area contributed by atoms with Gasteiger partial charge in [-0.05, 0) is 31.0 Å². The maximum absolute atomic E-state index is 13.3. The zero-order chi connectivity index (χ0) is 19.0. The molecule has 1 atom stereocenters. The van der Waals surface area contributed by atoms with Gasteiger partial charge in [-0.2, -0.15) is 0 Å². The van der Waals surface area contributed by atoms with Crippen LogP contribution in [0.2, 0.25) is 0 Å². The van der Waals surface area contributed by atoms with Crippen molar-refractivity contribution in [3.05, 3.63) is 76.7 Å². The highest BCUT2D eigenvalue weighted by Crippen LogP contribution is 2.36. The van der Waals surface area contributed by atoms with E-state index in [4.69, 9.17) is 4.74 Å². The van der Waals surface area contributed by atoms with Crippen molar-refractivity contribution < 1.29 is 13.9 Å². The number of Topliss-reactive ketones (excluding diaryl/α,β-unsaturated/α-hetero) is 1. The van der Waals surface area contributed by atoms with E-state index in [1.807, 2.05) is 32.0 Å². The standard InChI is InChI=1S/C22H19FN2O2/c1-3-15(13-9-11-14(23)12-10-13)22-24-18-19(25-22)21(27-4-2)17-8-6-5-7-16(17)20(18)26/h5-12,15H,3-4H2,1-2H3. The fourth-order valence-electron chi connectivity index (χ4n) is 3.52. The predicted octanol–water partition coefficient (Wildman–Crippen LogP) is 4.77. The fourth-order valence-corrected chi connectivity index (χ4v) is 3.52. The Morgan fingerprint density at radius 2 is 1.70 bits per heavy atom. The topological polar surface area (TPSA) is 51.0 Å². The summed E-state index contributed by atoms with van der Waals surface area (Å²) in [6, 6.07) is 13.7. The molecule has 0 saturated heterocycles. The fraction of sp³-hybridized carbons (Fsp3) is 0.227. The van der Waals surface area contributed by atoms with Crippen molar-refractivity contribution in [3.63, 3.8) is 0 Å². The van der Waals surface area contributed by atoms with Gasteiger partial charge in [0.2, 0.25) is 5.78 Å². The third-order valence-corrected chi connectivity index (χ3v) is 4.80. The summed E-state index contributed by atoms with van der Waals surface area (Å²) in [7, 11) is 0. The summed E-state index contributed by atoms with van der Waals surface area (Å²) >= 11 is 0.